The van der Waals surface area contributed by atoms with E-state index >= 15 is 0 Å². The van der Waals surface area contributed by atoms with Crippen molar-refractivity contribution in [3.05, 3.63) is 23.3 Å². The zero-order valence-electron chi connectivity index (χ0n) is 13.8. The molecule has 1 aliphatic rings. The fourth-order valence-corrected chi connectivity index (χ4v) is 2.85. The largest absolute Gasteiger partial charge is 0.493 e. The van der Waals surface area contributed by atoms with Gasteiger partial charge in [-0.15, -0.1) is 0 Å². The Labute approximate surface area is 131 Å². The maximum Gasteiger partial charge on any atom is 0.223 e. The van der Waals surface area contributed by atoms with E-state index in [0.29, 0.717) is 17.9 Å². The number of benzene rings is 1. The molecular weight excluding hydrogens is 282 g/mol. The fraction of sp³-hybridized carbons (Fsp3) is 0.588. The third-order valence-electron chi connectivity index (χ3n) is 4.05. The molecule has 0 saturated carbocycles. The predicted molar refractivity (Wildman–Crippen MR) is 84.4 cm³/mol. The summed E-state index contributed by atoms with van der Waals surface area (Å²) in [6.45, 7) is 4.74. The van der Waals surface area contributed by atoms with Gasteiger partial charge >= 0.3 is 0 Å². The van der Waals surface area contributed by atoms with Crippen molar-refractivity contribution in [1.82, 2.24) is 5.32 Å². The number of ether oxygens (including phenoxy) is 3. The van der Waals surface area contributed by atoms with Gasteiger partial charge in [0.25, 0.3) is 0 Å². The Balaban J connectivity index is 2.04. The number of carbonyl (C=O) groups is 1. The van der Waals surface area contributed by atoms with Gasteiger partial charge in [0, 0.05) is 6.61 Å². The van der Waals surface area contributed by atoms with Gasteiger partial charge < -0.3 is 19.5 Å². The molecule has 0 bridgehead atoms. The molecule has 1 N–H and O–H groups in total. The first-order valence-electron chi connectivity index (χ1n) is 7.68. The summed E-state index contributed by atoms with van der Waals surface area (Å²) in [6.07, 6.45) is 2.51. The summed E-state index contributed by atoms with van der Waals surface area (Å²) < 4.78 is 16.1. The van der Waals surface area contributed by atoms with E-state index in [0.717, 1.165) is 30.6 Å². The van der Waals surface area contributed by atoms with Crippen LogP contribution in [0.1, 0.15) is 43.4 Å². The number of carbonyl (C=O) groups excluding carboxylic acids is 1. The van der Waals surface area contributed by atoms with Gasteiger partial charge in [0.1, 0.15) is 0 Å². The predicted octanol–water partition coefficient (Wildman–Crippen LogP) is 2.76. The molecule has 5 heteroatoms. The Hall–Kier alpha value is -1.75. The molecule has 0 unspecified atom stereocenters. The molecule has 1 aromatic rings. The first kappa shape index (κ1) is 16.6. The first-order valence-corrected chi connectivity index (χ1v) is 7.68. The smallest absolute Gasteiger partial charge is 0.223 e. The van der Waals surface area contributed by atoms with Gasteiger partial charge in [-0.2, -0.15) is 0 Å². The molecule has 1 saturated heterocycles. The molecule has 122 valence electrons. The van der Waals surface area contributed by atoms with E-state index < -0.39 is 0 Å². The molecule has 0 spiro atoms. The summed E-state index contributed by atoms with van der Waals surface area (Å²) >= 11 is 0. The van der Waals surface area contributed by atoms with Crippen molar-refractivity contribution in [2.45, 2.75) is 45.3 Å². The lowest BCUT2D eigenvalue weighted by molar-refractivity contribution is -0.123. The molecule has 22 heavy (non-hydrogen) atoms. The first-order chi connectivity index (χ1) is 10.5. The monoisotopic (exact) mass is 307 g/mol. The lowest BCUT2D eigenvalue weighted by atomic mass is 10.0. The number of aryl methyl sites for hydroxylation is 1. The SMILES string of the molecule is COc1cc(C)c([C@H](C)NC(=O)C[C@@H]2CCCO2)cc1OC. The Kier molecular flexibility index (Phi) is 5.66. The number of nitrogens with one attached hydrogen (secondary N) is 1. The van der Waals surface area contributed by atoms with Gasteiger partial charge in [0.2, 0.25) is 5.91 Å². The quantitative estimate of drug-likeness (QED) is 0.878. The van der Waals surface area contributed by atoms with Crippen molar-refractivity contribution in [3.63, 3.8) is 0 Å². The number of methoxy groups -OCH3 is 2. The maximum absolute atomic E-state index is 12.1. The average Bonchev–Trinajstić information content (AvgIpc) is 2.99. The summed E-state index contributed by atoms with van der Waals surface area (Å²) in [5.41, 5.74) is 2.08. The van der Waals surface area contributed by atoms with Crippen LogP contribution in [0.4, 0.5) is 0 Å². The van der Waals surface area contributed by atoms with Gasteiger partial charge in [-0.1, -0.05) is 0 Å². The fourth-order valence-electron chi connectivity index (χ4n) is 2.85. The Morgan fingerprint density at radius 2 is 2.05 bits per heavy atom. The van der Waals surface area contributed by atoms with Gasteiger partial charge in [-0.05, 0) is 49.9 Å². The van der Waals surface area contributed by atoms with E-state index in [-0.39, 0.29) is 18.1 Å². The normalized spacial score (nSPS) is 18.8. The van der Waals surface area contributed by atoms with Crippen LogP contribution in [0.2, 0.25) is 0 Å². The minimum atomic E-state index is -0.0892. The molecule has 1 fully saturated rings. The highest BCUT2D eigenvalue weighted by atomic mass is 16.5. The number of hydrogen-bond donors (Lipinski definition) is 1. The molecule has 1 aliphatic heterocycles. The number of rotatable bonds is 6. The molecule has 1 heterocycles. The van der Waals surface area contributed by atoms with E-state index in [2.05, 4.69) is 5.32 Å². The lowest BCUT2D eigenvalue weighted by Crippen LogP contribution is -2.30. The van der Waals surface area contributed by atoms with E-state index in [1.54, 1.807) is 14.2 Å². The molecule has 0 aromatic heterocycles. The van der Waals surface area contributed by atoms with Crippen molar-refractivity contribution >= 4 is 5.91 Å². The Morgan fingerprint density at radius 1 is 1.36 bits per heavy atom. The second-order valence-corrected chi connectivity index (χ2v) is 5.69. The van der Waals surface area contributed by atoms with E-state index in [9.17, 15) is 4.79 Å². The van der Waals surface area contributed by atoms with Crippen LogP contribution in [0, 0.1) is 6.92 Å². The van der Waals surface area contributed by atoms with Gasteiger partial charge in [-0.25, -0.2) is 0 Å². The molecular formula is C17H25NO4. The highest BCUT2D eigenvalue weighted by molar-refractivity contribution is 5.77. The van der Waals surface area contributed by atoms with Crippen LogP contribution >= 0.6 is 0 Å². The highest BCUT2D eigenvalue weighted by Gasteiger charge is 2.21. The maximum atomic E-state index is 12.1. The zero-order chi connectivity index (χ0) is 16.1. The summed E-state index contributed by atoms with van der Waals surface area (Å²) in [7, 11) is 3.22. The summed E-state index contributed by atoms with van der Waals surface area (Å²) in [5, 5.41) is 3.04. The molecule has 2 rings (SSSR count). The van der Waals surface area contributed by atoms with Crippen LogP contribution in [0.15, 0.2) is 12.1 Å². The van der Waals surface area contributed by atoms with E-state index in [1.807, 2.05) is 26.0 Å². The van der Waals surface area contributed by atoms with Crippen LogP contribution < -0.4 is 14.8 Å². The average molecular weight is 307 g/mol. The highest BCUT2D eigenvalue weighted by Crippen LogP contribution is 2.32. The van der Waals surface area contributed by atoms with E-state index in [1.165, 1.54) is 0 Å². The second kappa shape index (κ2) is 7.49. The minimum Gasteiger partial charge on any atom is -0.493 e. The lowest BCUT2D eigenvalue weighted by Gasteiger charge is -2.20. The number of amides is 1. The topological polar surface area (TPSA) is 56.8 Å². The standard InChI is InChI=1S/C17H25NO4/c1-11-8-15(20-3)16(21-4)10-14(11)12(2)18-17(19)9-13-6-5-7-22-13/h8,10,12-13H,5-7,9H2,1-4H3,(H,18,19)/t12-,13-/m0/s1. The van der Waals surface area contributed by atoms with Crippen LogP contribution in [-0.4, -0.2) is 32.8 Å². The second-order valence-electron chi connectivity index (χ2n) is 5.69. The Morgan fingerprint density at radius 3 is 2.64 bits per heavy atom. The van der Waals surface area contributed by atoms with Crippen molar-refractivity contribution < 1.29 is 19.0 Å². The van der Waals surface area contributed by atoms with E-state index in [4.69, 9.17) is 14.2 Å². The van der Waals surface area contributed by atoms with Crippen molar-refractivity contribution in [2.24, 2.45) is 0 Å². The number of hydrogen-bond acceptors (Lipinski definition) is 4. The van der Waals surface area contributed by atoms with Crippen molar-refractivity contribution in [2.75, 3.05) is 20.8 Å². The van der Waals surface area contributed by atoms with Crippen LogP contribution in [0.25, 0.3) is 0 Å². The molecule has 0 aliphatic carbocycles. The Bertz CT molecular complexity index is 524. The molecule has 1 amide bonds. The third-order valence-corrected chi connectivity index (χ3v) is 4.05. The summed E-state index contributed by atoms with van der Waals surface area (Å²) in [5.74, 6) is 1.39. The minimum absolute atomic E-state index is 0.0218. The van der Waals surface area contributed by atoms with Crippen LogP contribution in [0.5, 0.6) is 11.5 Å². The zero-order valence-corrected chi connectivity index (χ0v) is 13.8. The molecule has 5 nitrogen and oxygen atoms in total. The molecule has 0 radical (unpaired) electrons. The van der Waals surface area contributed by atoms with Crippen LogP contribution in [-0.2, 0) is 9.53 Å². The molecule has 1 aromatic carbocycles. The van der Waals surface area contributed by atoms with Gasteiger partial charge in [0.15, 0.2) is 11.5 Å². The van der Waals surface area contributed by atoms with Gasteiger partial charge in [0.05, 0.1) is 32.8 Å². The molecule has 2 atom stereocenters. The summed E-state index contributed by atoms with van der Waals surface area (Å²) in [4.78, 5) is 12.1. The van der Waals surface area contributed by atoms with Crippen LogP contribution in [0.3, 0.4) is 0 Å². The van der Waals surface area contributed by atoms with Gasteiger partial charge in [-0.3, -0.25) is 4.79 Å². The third kappa shape index (κ3) is 3.91. The summed E-state index contributed by atoms with van der Waals surface area (Å²) in [6, 6.07) is 3.76. The van der Waals surface area contributed by atoms with Crippen molar-refractivity contribution in [1.29, 1.82) is 0 Å². The van der Waals surface area contributed by atoms with Crippen molar-refractivity contribution in [3.8, 4) is 11.5 Å².